The third-order valence-electron chi connectivity index (χ3n) is 7.89. The molecule has 10 atom stereocenters. The Kier molecular flexibility index (Phi) is 15.1. The monoisotopic (exact) mass is 622 g/mol. The number of aliphatic hydroxyl groups excluding tert-OH is 7. The SMILES string of the molecule is O=C(O)c1cn[nH][n+]1CCCCCCCCCCCCO[C@@H]1O[C@H](CO)[C@@H](O[C@@H]2O[C@H](CO)[C@H](O)[C@H](O)[C@H]2O)[C@H](O)[C@H]1O. The van der Waals surface area contributed by atoms with E-state index in [0.29, 0.717) is 13.0 Å². The maximum atomic E-state index is 11.1. The molecule has 248 valence electrons. The van der Waals surface area contributed by atoms with Crippen molar-refractivity contribution < 1.29 is 69.3 Å². The van der Waals surface area contributed by atoms with Gasteiger partial charge in [0.05, 0.1) is 13.2 Å². The molecular formula is C27H48N3O13+. The van der Waals surface area contributed by atoms with E-state index in [2.05, 4.69) is 10.3 Å². The van der Waals surface area contributed by atoms with Crippen molar-refractivity contribution in [2.24, 2.45) is 0 Å². The molecule has 3 rings (SSSR count). The van der Waals surface area contributed by atoms with Gasteiger partial charge in [0, 0.05) is 11.7 Å². The molecule has 0 unspecified atom stereocenters. The number of H-pyrrole nitrogens is 1. The number of hydrogen-bond acceptors (Lipinski definition) is 13. The second-order valence-corrected chi connectivity index (χ2v) is 11.1. The van der Waals surface area contributed by atoms with Gasteiger partial charge in [-0.25, -0.2) is 4.79 Å². The fourth-order valence-electron chi connectivity index (χ4n) is 5.30. The van der Waals surface area contributed by atoms with Crippen molar-refractivity contribution in [2.45, 2.75) is 132 Å². The van der Waals surface area contributed by atoms with E-state index in [4.69, 9.17) is 24.1 Å². The van der Waals surface area contributed by atoms with Gasteiger partial charge in [0.25, 0.3) is 5.69 Å². The molecule has 2 saturated heterocycles. The zero-order valence-electron chi connectivity index (χ0n) is 24.3. The number of carboxylic acids is 1. The number of aryl methyl sites for hydroxylation is 1. The predicted molar refractivity (Wildman–Crippen MR) is 144 cm³/mol. The first-order valence-electron chi connectivity index (χ1n) is 15.1. The van der Waals surface area contributed by atoms with Crippen LogP contribution in [0.25, 0.3) is 0 Å². The summed E-state index contributed by atoms with van der Waals surface area (Å²) >= 11 is 0. The molecule has 0 aromatic carbocycles. The second kappa shape index (κ2) is 18.2. The number of aromatic nitrogens is 3. The number of unbranched alkanes of at least 4 members (excludes halogenated alkanes) is 9. The summed E-state index contributed by atoms with van der Waals surface area (Å²) in [4.78, 5) is 11.1. The Hall–Kier alpha value is -1.83. The number of nitrogens with zero attached hydrogens (tertiary/aromatic N) is 2. The molecule has 9 N–H and O–H groups in total. The molecule has 0 radical (unpaired) electrons. The van der Waals surface area contributed by atoms with Crippen LogP contribution in [0.4, 0.5) is 0 Å². The fourth-order valence-corrected chi connectivity index (χ4v) is 5.30. The van der Waals surface area contributed by atoms with E-state index in [9.17, 15) is 40.5 Å². The standard InChI is InChI=1S/C27H47N3O13/c31-14-17-19(33)20(34)22(36)27(41-17)43-24-18(15-32)42-26(23(37)21(24)35)40-12-10-8-6-4-2-1-3-5-7-9-11-30-16(25(38)39)13-28-29-30/h13,17-24,26-27,31-37H,1-12,14-15H2,(H,38,39)/p+1/t17-,18-,19+,20+,21-,22-,23-,24-,26-,27+/m1/s1. The smallest absolute Gasteiger partial charge is 0.382 e. The summed E-state index contributed by atoms with van der Waals surface area (Å²) in [5, 5.41) is 86.0. The maximum absolute atomic E-state index is 11.1. The van der Waals surface area contributed by atoms with Gasteiger partial charge >= 0.3 is 5.97 Å². The number of aromatic carboxylic acids is 1. The van der Waals surface area contributed by atoms with Crippen molar-refractivity contribution >= 4 is 5.97 Å². The Morgan fingerprint density at radius 1 is 0.767 bits per heavy atom. The van der Waals surface area contributed by atoms with Gasteiger partial charge in [0.1, 0.15) is 55.4 Å². The van der Waals surface area contributed by atoms with E-state index < -0.39 is 80.6 Å². The fraction of sp³-hybridized carbons (Fsp3) is 0.889. The van der Waals surface area contributed by atoms with Crippen LogP contribution in [0.2, 0.25) is 0 Å². The Labute approximate surface area is 249 Å². The van der Waals surface area contributed by atoms with E-state index in [1.165, 1.54) is 6.20 Å². The Bertz CT molecular complexity index is 936. The highest BCUT2D eigenvalue weighted by Gasteiger charge is 2.50. The van der Waals surface area contributed by atoms with Gasteiger partial charge in [0.2, 0.25) is 6.20 Å². The van der Waals surface area contributed by atoms with Gasteiger partial charge in [0.15, 0.2) is 12.6 Å². The van der Waals surface area contributed by atoms with Gasteiger partial charge in [-0.15, -0.1) is 4.68 Å². The number of aliphatic hydroxyl groups is 7. The zero-order chi connectivity index (χ0) is 31.4. The normalized spacial score (nSPS) is 33.1. The summed E-state index contributed by atoms with van der Waals surface area (Å²) in [5.74, 6) is -0.995. The minimum Gasteiger partial charge on any atom is -0.475 e. The van der Waals surface area contributed by atoms with Gasteiger partial charge < -0.3 is 59.8 Å². The molecule has 0 amide bonds. The van der Waals surface area contributed by atoms with Crippen LogP contribution < -0.4 is 4.68 Å². The van der Waals surface area contributed by atoms with Crippen LogP contribution in [0.5, 0.6) is 0 Å². The molecule has 3 heterocycles. The van der Waals surface area contributed by atoms with E-state index in [0.717, 1.165) is 57.8 Å². The molecule has 0 bridgehead atoms. The minimum atomic E-state index is -1.72. The molecule has 43 heavy (non-hydrogen) atoms. The van der Waals surface area contributed by atoms with E-state index in [1.807, 2.05) is 0 Å². The molecule has 2 aliphatic heterocycles. The lowest BCUT2D eigenvalue weighted by Crippen LogP contribution is -2.64. The van der Waals surface area contributed by atoms with Gasteiger partial charge in [-0.1, -0.05) is 50.2 Å². The van der Waals surface area contributed by atoms with Gasteiger partial charge in [-0.05, 0) is 19.3 Å². The summed E-state index contributed by atoms with van der Waals surface area (Å²) < 4.78 is 23.6. The summed E-state index contributed by atoms with van der Waals surface area (Å²) in [5.41, 5.74) is 0.160. The number of aromatic amines is 1. The molecule has 0 saturated carbocycles. The van der Waals surface area contributed by atoms with Crippen molar-refractivity contribution in [3.8, 4) is 0 Å². The molecule has 0 aliphatic carbocycles. The lowest BCUT2D eigenvalue weighted by molar-refractivity contribution is -0.755. The van der Waals surface area contributed by atoms with Crippen LogP contribution in [0, 0.1) is 0 Å². The van der Waals surface area contributed by atoms with Gasteiger partial charge in [-0.2, -0.15) is 0 Å². The zero-order valence-corrected chi connectivity index (χ0v) is 24.3. The highest BCUT2D eigenvalue weighted by molar-refractivity contribution is 5.83. The summed E-state index contributed by atoms with van der Waals surface area (Å²) in [6.07, 6.45) is -3.27. The van der Waals surface area contributed by atoms with Gasteiger partial charge in [-0.3, -0.25) is 0 Å². The van der Waals surface area contributed by atoms with Crippen LogP contribution in [0.3, 0.4) is 0 Å². The van der Waals surface area contributed by atoms with Crippen molar-refractivity contribution in [1.82, 2.24) is 10.3 Å². The average Bonchev–Trinajstić information content (AvgIpc) is 3.47. The Balaban J connectivity index is 1.25. The first-order valence-corrected chi connectivity index (χ1v) is 15.1. The topological polar surface area (TPSA) is 248 Å². The van der Waals surface area contributed by atoms with E-state index >= 15 is 0 Å². The number of ether oxygens (including phenoxy) is 4. The number of hydrogen-bond donors (Lipinski definition) is 9. The molecule has 2 fully saturated rings. The maximum Gasteiger partial charge on any atom is 0.382 e. The predicted octanol–water partition coefficient (Wildman–Crippen LogP) is -2.06. The molecule has 16 heteroatoms. The largest absolute Gasteiger partial charge is 0.475 e. The van der Waals surface area contributed by atoms with Crippen molar-refractivity contribution in [3.05, 3.63) is 11.9 Å². The average molecular weight is 623 g/mol. The first-order chi connectivity index (χ1) is 20.7. The number of carboxylic acid groups (broad SMARTS) is 1. The number of carbonyl (C=O) groups is 1. The van der Waals surface area contributed by atoms with Crippen molar-refractivity contribution in [1.29, 1.82) is 0 Å². The Morgan fingerprint density at radius 2 is 1.33 bits per heavy atom. The highest BCUT2D eigenvalue weighted by atomic mass is 16.7. The summed E-state index contributed by atoms with van der Waals surface area (Å²) in [7, 11) is 0. The van der Waals surface area contributed by atoms with Crippen LogP contribution in [-0.4, -0.2) is 138 Å². The summed E-state index contributed by atoms with van der Waals surface area (Å²) in [6, 6.07) is 0. The minimum absolute atomic E-state index is 0.160. The molecule has 2 aliphatic rings. The molecule has 1 aromatic rings. The molecule has 16 nitrogen and oxygen atoms in total. The van der Waals surface area contributed by atoms with Crippen molar-refractivity contribution in [2.75, 3.05) is 19.8 Å². The molecular weight excluding hydrogens is 574 g/mol. The van der Waals surface area contributed by atoms with Crippen molar-refractivity contribution in [3.63, 3.8) is 0 Å². The number of nitrogens with one attached hydrogen (secondary N) is 1. The van der Waals surface area contributed by atoms with E-state index in [-0.39, 0.29) is 12.3 Å². The lowest BCUT2D eigenvalue weighted by atomic mass is 9.97. The second-order valence-electron chi connectivity index (χ2n) is 11.1. The third-order valence-corrected chi connectivity index (χ3v) is 7.89. The van der Waals surface area contributed by atoms with Crippen LogP contribution in [-0.2, 0) is 25.5 Å². The summed E-state index contributed by atoms with van der Waals surface area (Å²) in [6.45, 7) is -0.408. The number of rotatable bonds is 19. The highest BCUT2D eigenvalue weighted by Crippen LogP contribution is 2.29. The Morgan fingerprint density at radius 3 is 1.93 bits per heavy atom. The van der Waals surface area contributed by atoms with E-state index in [1.54, 1.807) is 4.68 Å². The van der Waals surface area contributed by atoms with Crippen LogP contribution >= 0.6 is 0 Å². The lowest BCUT2D eigenvalue weighted by Gasteiger charge is -2.45. The van der Waals surface area contributed by atoms with Crippen LogP contribution in [0.1, 0.15) is 74.7 Å². The first kappa shape index (κ1) is 35.6. The quantitative estimate of drug-likeness (QED) is 0.0595. The molecule has 1 aromatic heterocycles. The van der Waals surface area contributed by atoms with Crippen LogP contribution in [0.15, 0.2) is 6.20 Å². The third kappa shape index (κ3) is 10.1. The molecule has 0 spiro atoms.